The molecule has 0 heterocycles. The van der Waals surface area contributed by atoms with Crippen molar-refractivity contribution < 1.29 is 51.3 Å². The molecule has 13 heteroatoms. The first-order valence-corrected chi connectivity index (χ1v) is 11.8. The van der Waals surface area contributed by atoms with E-state index in [4.69, 9.17) is 14.2 Å². The van der Waals surface area contributed by atoms with Crippen LogP contribution in [0.1, 0.15) is 39.7 Å². The molecular weight excluding hydrogens is 528 g/mol. The molecule has 0 bridgehead atoms. The van der Waals surface area contributed by atoms with Crippen molar-refractivity contribution in [3.8, 4) is 5.75 Å². The Morgan fingerprint density at radius 2 is 1.56 bits per heavy atom. The number of carbonyl (C=O) groups excluding carboxylic acids is 3. The van der Waals surface area contributed by atoms with E-state index < -0.39 is 83.8 Å². The Bertz CT molecular complexity index is 1130. The van der Waals surface area contributed by atoms with Gasteiger partial charge in [0.2, 0.25) is 17.5 Å². The van der Waals surface area contributed by atoms with Gasteiger partial charge in [-0.2, -0.15) is 8.78 Å². The molecule has 0 aromatic heterocycles. The molecule has 0 radical (unpaired) electrons. The fourth-order valence-corrected chi connectivity index (χ4v) is 3.12. The molecule has 9 nitrogen and oxygen atoms in total. The third-order valence-corrected chi connectivity index (χ3v) is 5.01. The normalized spacial score (nSPS) is 13.6. The fraction of sp³-hybridized carbons (Fsp3) is 0.423. The van der Waals surface area contributed by atoms with Crippen molar-refractivity contribution >= 4 is 18.0 Å². The van der Waals surface area contributed by atoms with Gasteiger partial charge in [-0.05, 0) is 33.3 Å². The lowest BCUT2D eigenvalue weighted by molar-refractivity contribution is -0.156. The van der Waals surface area contributed by atoms with E-state index in [9.17, 15) is 37.1 Å². The number of aliphatic hydroxyl groups is 1. The van der Waals surface area contributed by atoms with Gasteiger partial charge in [0.1, 0.15) is 31.0 Å². The molecule has 0 spiro atoms. The molecule has 0 saturated carbocycles. The molecule has 214 valence electrons. The lowest BCUT2D eigenvalue weighted by Gasteiger charge is -2.27. The van der Waals surface area contributed by atoms with Gasteiger partial charge in [0.05, 0.1) is 12.5 Å². The summed E-state index contributed by atoms with van der Waals surface area (Å²) in [5.74, 6) is -10.3. The first-order chi connectivity index (χ1) is 18.2. The van der Waals surface area contributed by atoms with E-state index in [1.54, 1.807) is 51.1 Å². The summed E-state index contributed by atoms with van der Waals surface area (Å²) >= 11 is 0. The Morgan fingerprint density at radius 1 is 0.974 bits per heavy atom. The highest BCUT2D eigenvalue weighted by molar-refractivity contribution is 5.86. The number of nitrogens with one attached hydrogen (secondary N) is 2. The highest BCUT2D eigenvalue weighted by Gasteiger charge is 2.31. The first-order valence-electron chi connectivity index (χ1n) is 11.8. The van der Waals surface area contributed by atoms with Crippen LogP contribution in [0.25, 0.3) is 0 Å². The molecule has 39 heavy (non-hydrogen) atoms. The largest absolute Gasteiger partial charge is 0.485 e. The van der Waals surface area contributed by atoms with Gasteiger partial charge in [0, 0.05) is 6.07 Å². The van der Waals surface area contributed by atoms with Gasteiger partial charge in [-0.1, -0.05) is 30.3 Å². The van der Waals surface area contributed by atoms with Crippen molar-refractivity contribution in [3.05, 3.63) is 65.2 Å². The summed E-state index contributed by atoms with van der Waals surface area (Å²) in [5, 5.41) is 15.2. The second-order valence-electron chi connectivity index (χ2n) is 9.51. The summed E-state index contributed by atoms with van der Waals surface area (Å²) < 4.78 is 69.7. The van der Waals surface area contributed by atoms with Crippen LogP contribution in [0, 0.1) is 23.3 Å². The zero-order valence-electron chi connectivity index (χ0n) is 21.7. The average molecular weight is 559 g/mol. The minimum absolute atomic E-state index is 0.0151. The second-order valence-corrected chi connectivity index (χ2v) is 9.51. The van der Waals surface area contributed by atoms with Gasteiger partial charge in [-0.15, -0.1) is 0 Å². The molecule has 2 aromatic carbocycles. The summed E-state index contributed by atoms with van der Waals surface area (Å²) in [4.78, 5) is 37.1. The Kier molecular flexibility index (Phi) is 11.1. The molecular formula is C26H30F4N2O7. The molecule has 2 amide bonds. The highest BCUT2D eigenvalue weighted by Crippen LogP contribution is 2.26. The summed E-state index contributed by atoms with van der Waals surface area (Å²) in [6.07, 6.45) is -3.36. The molecule has 3 N–H and O–H groups in total. The van der Waals surface area contributed by atoms with Gasteiger partial charge in [0.15, 0.2) is 17.4 Å². The van der Waals surface area contributed by atoms with Crippen LogP contribution in [-0.2, 0) is 25.7 Å². The Morgan fingerprint density at radius 3 is 2.13 bits per heavy atom. The van der Waals surface area contributed by atoms with Crippen LogP contribution < -0.4 is 15.4 Å². The van der Waals surface area contributed by atoms with Crippen molar-refractivity contribution in [1.82, 2.24) is 10.6 Å². The molecule has 0 saturated heterocycles. The molecule has 1 unspecified atom stereocenters. The number of carbonyl (C=O) groups is 3. The number of hydrogen-bond donors (Lipinski definition) is 3. The molecule has 0 aliphatic carbocycles. The van der Waals surface area contributed by atoms with Gasteiger partial charge < -0.3 is 30.0 Å². The number of amides is 2. The molecule has 2 rings (SSSR count). The number of aliphatic hydroxyl groups excluding tert-OH is 1. The van der Waals surface area contributed by atoms with Gasteiger partial charge >= 0.3 is 12.1 Å². The standard InChI is InChI=1S/C26H30F4N2O7/c1-14(31-25(36)38-12-15-8-6-5-7-9-15)24(35)32-18(11-20(34)39-26(2,3)4)19(33)13-37-23-21(29)16(27)10-17(28)22(23)30/h5-10,14,18-19,33H,11-13H2,1-4H3,(H,31,36)(H,32,35)/t14-,18-,19?/m0/s1. The summed E-state index contributed by atoms with van der Waals surface area (Å²) in [6, 6.07) is 6.05. The number of rotatable bonds is 11. The minimum atomic E-state index is -1.83. The lowest BCUT2D eigenvalue weighted by atomic mass is 10.1. The third kappa shape index (κ3) is 10.1. The van der Waals surface area contributed by atoms with Crippen molar-refractivity contribution in [1.29, 1.82) is 0 Å². The predicted molar refractivity (Wildman–Crippen MR) is 129 cm³/mol. The van der Waals surface area contributed by atoms with E-state index in [1.807, 2.05) is 0 Å². The van der Waals surface area contributed by atoms with E-state index in [1.165, 1.54) is 6.92 Å². The molecule has 0 aliphatic rings. The second kappa shape index (κ2) is 13.8. The Balaban J connectivity index is 2.07. The van der Waals surface area contributed by atoms with Crippen molar-refractivity contribution in [2.75, 3.05) is 6.61 Å². The minimum Gasteiger partial charge on any atom is -0.485 e. The van der Waals surface area contributed by atoms with Crippen molar-refractivity contribution in [2.24, 2.45) is 0 Å². The maximum Gasteiger partial charge on any atom is 0.408 e. The topological polar surface area (TPSA) is 123 Å². The van der Waals surface area contributed by atoms with Gasteiger partial charge in [-0.3, -0.25) is 9.59 Å². The predicted octanol–water partition coefficient (Wildman–Crippen LogP) is 3.51. The van der Waals surface area contributed by atoms with Crippen LogP contribution in [0.5, 0.6) is 5.75 Å². The van der Waals surface area contributed by atoms with Crippen LogP contribution in [0.2, 0.25) is 0 Å². The van der Waals surface area contributed by atoms with Crippen LogP contribution in [0.3, 0.4) is 0 Å². The quantitative estimate of drug-likeness (QED) is 0.219. The van der Waals surface area contributed by atoms with E-state index in [-0.39, 0.29) is 12.7 Å². The number of ether oxygens (including phenoxy) is 3. The Labute approximate surface area is 222 Å². The molecule has 3 atom stereocenters. The number of esters is 1. The van der Waals surface area contributed by atoms with Crippen molar-refractivity contribution in [3.63, 3.8) is 0 Å². The summed E-state index contributed by atoms with van der Waals surface area (Å²) in [5.41, 5.74) is -0.216. The van der Waals surface area contributed by atoms with Crippen LogP contribution in [0.15, 0.2) is 36.4 Å². The Hall–Kier alpha value is -3.87. The van der Waals surface area contributed by atoms with E-state index in [0.29, 0.717) is 5.56 Å². The first kappa shape index (κ1) is 31.3. The maximum atomic E-state index is 13.9. The lowest BCUT2D eigenvalue weighted by Crippen LogP contribution is -2.53. The SMILES string of the molecule is C[C@H](NC(=O)OCc1ccccc1)C(=O)N[C@@H](CC(=O)OC(C)(C)C)C(O)COc1c(F)c(F)cc(F)c1F. The monoisotopic (exact) mass is 558 g/mol. The van der Waals surface area contributed by atoms with E-state index in [0.717, 1.165) is 0 Å². The van der Waals surface area contributed by atoms with Crippen LogP contribution >= 0.6 is 0 Å². The third-order valence-electron chi connectivity index (χ3n) is 5.01. The van der Waals surface area contributed by atoms with Crippen molar-refractivity contribution in [2.45, 2.75) is 64.5 Å². The maximum absolute atomic E-state index is 13.9. The van der Waals surface area contributed by atoms with Crippen LogP contribution in [0.4, 0.5) is 22.4 Å². The fourth-order valence-electron chi connectivity index (χ4n) is 3.12. The van der Waals surface area contributed by atoms with E-state index >= 15 is 0 Å². The average Bonchev–Trinajstić information content (AvgIpc) is 2.85. The zero-order chi connectivity index (χ0) is 29.3. The van der Waals surface area contributed by atoms with Gasteiger partial charge in [0.25, 0.3) is 0 Å². The number of benzene rings is 2. The van der Waals surface area contributed by atoms with Crippen LogP contribution in [-0.4, -0.2) is 53.5 Å². The number of alkyl carbamates (subject to hydrolysis) is 1. The number of hydrogen-bond acceptors (Lipinski definition) is 7. The number of halogens is 4. The summed E-state index contributed by atoms with van der Waals surface area (Å²) in [6.45, 7) is 4.99. The molecule has 0 aliphatic heterocycles. The van der Waals surface area contributed by atoms with E-state index in [2.05, 4.69) is 10.6 Å². The molecule has 0 fully saturated rings. The zero-order valence-corrected chi connectivity index (χ0v) is 21.7. The highest BCUT2D eigenvalue weighted by atomic mass is 19.2. The summed E-state index contributed by atoms with van der Waals surface area (Å²) in [7, 11) is 0. The molecule has 2 aromatic rings. The smallest absolute Gasteiger partial charge is 0.408 e. The van der Waals surface area contributed by atoms with Gasteiger partial charge in [-0.25, -0.2) is 13.6 Å².